The van der Waals surface area contributed by atoms with Crippen molar-refractivity contribution in [3.63, 3.8) is 0 Å². The summed E-state index contributed by atoms with van der Waals surface area (Å²) in [6.07, 6.45) is 0. The predicted molar refractivity (Wildman–Crippen MR) is 245 cm³/mol. The molecule has 0 aliphatic carbocycles. The molecule has 13 aromatic rings. The molecule has 2 aromatic heterocycles. The number of furan rings is 2. The number of hydrogen-bond acceptors (Lipinski definition) is 2. The molecule has 0 atom stereocenters. The number of rotatable bonds is 3. The number of fused-ring (bicyclic) bond motifs is 13. The third-order valence-corrected chi connectivity index (χ3v) is 12.5. The third kappa shape index (κ3) is 4.37. The number of para-hydroxylation sites is 1. The first-order valence-electron chi connectivity index (χ1n) is 19.9. The zero-order valence-corrected chi connectivity index (χ0v) is 31.3. The van der Waals surface area contributed by atoms with E-state index >= 15 is 0 Å². The van der Waals surface area contributed by atoms with Gasteiger partial charge in [0.1, 0.15) is 22.3 Å². The maximum absolute atomic E-state index is 6.71. The minimum absolute atomic E-state index is 0.874. The molecule has 0 fully saturated rings. The van der Waals surface area contributed by atoms with Crippen LogP contribution in [0.15, 0.2) is 203 Å². The molecule has 2 heteroatoms. The van der Waals surface area contributed by atoms with Gasteiger partial charge in [0.15, 0.2) is 0 Å². The van der Waals surface area contributed by atoms with Gasteiger partial charge in [-0.2, -0.15) is 0 Å². The summed E-state index contributed by atoms with van der Waals surface area (Å²) in [5, 5.41) is 16.8. The molecule has 0 unspecified atom stereocenters. The molecule has 268 valence electrons. The molecule has 0 spiro atoms. The van der Waals surface area contributed by atoms with Crippen LogP contribution in [-0.2, 0) is 0 Å². The van der Waals surface area contributed by atoms with Crippen molar-refractivity contribution in [2.24, 2.45) is 0 Å². The van der Waals surface area contributed by atoms with Gasteiger partial charge < -0.3 is 8.83 Å². The summed E-state index contributed by atoms with van der Waals surface area (Å²) >= 11 is 0. The largest absolute Gasteiger partial charge is 0.456 e. The maximum Gasteiger partial charge on any atom is 0.136 e. The minimum atomic E-state index is 0.874. The van der Waals surface area contributed by atoms with Crippen molar-refractivity contribution >= 4 is 97.7 Å². The summed E-state index contributed by atoms with van der Waals surface area (Å²) in [7, 11) is 0. The standard InChI is InChI=1S/C56H32O2/c1-2-14-36-33(12-1)13-11-22-40(36)53-41-17-5-7-19-43(41)54(44-20-8-6-18-42(44)53)45-29-28-37(38-15-3-4-16-39(38)45)35-24-27-47-51(32-35)58-50-31-26-34-25-30-49-55(52(34)56(47)50)46-21-9-10-23-48(46)57-49/h1-32H. The molecule has 2 heterocycles. The van der Waals surface area contributed by atoms with E-state index in [-0.39, 0.29) is 0 Å². The molecule has 0 saturated carbocycles. The van der Waals surface area contributed by atoms with E-state index in [2.05, 4.69) is 182 Å². The molecule has 0 amide bonds. The number of benzene rings is 11. The van der Waals surface area contributed by atoms with E-state index in [0.29, 0.717) is 0 Å². The fourth-order valence-electron chi connectivity index (χ4n) is 9.99. The van der Waals surface area contributed by atoms with Crippen molar-refractivity contribution in [2.75, 3.05) is 0 Å². The first kappa shape index (κ1) is 31.5. The van der Waals surface area contributed by atoms with Crippen molar-refractivity contribution in [3.8, 4) is 33.4 Å². The Kier molecular flexibility index (Phi) is 6.47. The first-order chi connectivity index (χ1) is 28.8. The molecule has 0 bridgehead atoms. The van der Waals surface area contributed by atoms with Crippen molar-refractivity contribution in [1.29, 1.82) is 0 Å². The maximum atomic E-state index is 6.71. The second-order valence-electron chi connectivity index (χ2n) is 15.5. The van der Waals surface area contributed by atoms with Crippen molar-refractivity contribution in [1.82, 2.24) is 0 Å². The molecule has 0 radical (unpaired) electrons. The smallest absolute Gasteiger partial charge is 0.136 e. The lowest BCUT2D eigenvalue weighted by Gasteiger charge is -2.20. The highest BCUT2D eigenvalue weighted by molar-refractivity contribution is 6.31. The van der Waals surface area contributed by atoms with Crippen LogP contribution >= 0.6 is 0 Å². The minimum Gasteiger partial charge on any atom is -0.456 e. The van der Waals surface area contributed by atoms with E-state index in [1.807, 2.05) is 12.1 Å². The van der Waals surface area contributed by atoms with Crippen molar-refractivity contribution in [2.45, 2.75) is 0 Å². The lowest BCUT2D eigenvalue weighted by atomic mass is 9.83. The van der Waals surface area contributed by atoms with E-state index in [9.17, 15) is 0 Å². The lowest BCUT2D eigenvalue weighted by molar-refractivity contribution is 0.669. The molecule has 2 nitrogen and oxygen atoms in total. The topological polar surface area (TPSA) is 26.3 Å². The van der Waals surface area contributed by atoms with Crippen LogP contribution in [0, 0.1) is 0 Å². The second kappa shape index (κ2) is 11.9. The fourth-order valence-corrected chi connectivity index (χ4v) is 9.99. The number of hydrogen-bond donors (Lipinski definition) is 0. The zero-order chi connectivity index (χ0) is 37.9. The first-order valence-corrected chi connectivity index (χ1v) is 19.9. The van der Waals surface area contributed by atoms with E-state index in [1.54, 1.807) is 0 Å². The van der Waals surface area contributed by atoms with Crippen LogP contribution in [0.5, 0.6) is 0 Å². The van der Waals surface area contributed by atoms with Gasteiger partial charge >= 0.3 is 0 Å². The summed E-state index contributed by atoms with van der Waals surface area (Å²) in [5.41, 5.74) is 10.9. The van der Waals surface area contributed by atoms with Crippen molar-refractivity contribution in [3.05, 3.63) is 194 Å². The van der Waals surface area contributed by atoms with Crippen LogP contribution in [0.1, 0.15) is 0 Å². The molecular formula is C56H32O2. The predicted octanol–water partition coefficient (Wildman–Crippen LogP) is 16.3. The highest BCUT2D eigenvalue weighted by atomic mass is 16.3. The van der Waals surface area contributed by atoms with Crippen molar-refractivity contribution < 1.29 is 8.83 Å². The fraction of sp³-hybridized carbons (Fsp3) is 0. The molecule has 0 aliphatic rings. The highest BCUT2D eigenvalue weighted by Crippen LogP contribution is 2.48. The van der Waals surface area contributed by atoms with Gasteiger partial charge in [0.2, 0.25) is 0 Å². The molecule has 58 heavy (non-hydrogen) atoms. The van der Waals surface area contributed by atoms with Crippen LogP contribution in [0.4, 0.5) is 0 Å². The quantitative estimate of drug-likeness (QED) is 0.169. The molecule has 0 aliphatic heterocycles. The van der Waals surface area contributed by atoms with E-state index in [4.69, 9.17) is 8.83 Å². The van der Waals surface area contributed by atoms with Crippen LogP contribution in [-0.4, -0.2) is 0 Å². The van der Waals surface area contributed by atoms with Gasteiger partial charge in [-0.25, -0.2) is 0 Å². The second-order valence-corrected chi connectivity index (χ2v) is 15.5. The zero-order valence-electron chi connectivity index (χ0n) is 31.3. The van der Waals surface area contributed by atoms with Gasteiger partial charge in [-0.15, -0.1) is 0 Å². The lowest BCUT2D eigenvalue weighted by Crippen LogP contribution is -1.93. The Labute approximate surface area is 332 Å². The molecule has 0 saturated heterocycles. The van der Waals surface area contributed by atoms with Gasteiger partial charge in [0.25, 0.3) is 0 Å². The summed E-state index contributed by atoms with van der Waals surface area (Å²) in [6, 6.07) is 70.3. The molecular weight excluding hydrogens is 705 g/mol. The van der Waals surface area contributed by atoms with Gasteiger partial charge in [0, 0.05) is 26.9 Å². The average Bonchev–Trinajstić information content (AvgIpc) is 3.86. The average molecular weight is 737 g/mol. The Balaban J connectivity index is 1.04. The van der Waals surface area contributed by atoms with Gasteiger partial charge in [-0.05, 0) is 112 Å². The van der Waals surface area contributed by atoms with Crippen LogP contribution in [0.3, 0.4) is 0 Å². The highest BCUT2D eigenvalue weighted by Gasteiger charge is 2.21. The van der Waals surface area contributed by atoms with Crippen LogP contribution in [0.25, 0.3) is 131 Å². The third-order valence-electron chi connectivity index (χ3n) is 12.5. The van der Waals surface area contributed by atoms with Gasteiger partial charge in [-0.1, -0.05) is 164 Å². The Hall–Kier alpha value is -7.68. The van der Waals surface area contributed by atoms with Crippen LogP contribution < -0.4 is 0 Å². The van der Waals surface area contributed by atoms with E-state index in [0.717, 1.165) is 49.4 Å². The Morgan fingerprint density at radius 2 is 0.724 bits per heavy atom. The normalized spacial score (nSPS) is 12.1. The van der Waals surface area contributed by atoms with E-state index in [1.165, 1.54) is 81.7 Å². The molecule has 11 aromatic carbocycles. The Bertz CT molecular complexity index is 3800. The summed E-state index contributed by atoms with van der Waals surface area (Å²) < 4.78 is 13.0. The molecule has 0 N–H and O–H groups in total. The monoisotopic (exact) mass is 736 g/mol. The summed E-state index contributed by atoms with van der Waals surface area (Å²) in [5.74, 6) is 0. The Morgan fingerprint density at radius 3 is 1.40 bits per heavy atom. The van der Waals surface area contributed by atoms with E-state index < -0.39 is 0 Å². The Morgan fingerprint density at radius 1 is 0.241 bits per heavy atom. The summed E-state index contributed by atoms with van der Waals surface area (Å²) in [4.78, 5) is 0. The van der Waals surface area contributed by atoms with Crippen LogP contribution in [0.2, 0.25) is 0 Å². The SMILES string of the molecule is c1ccc2c(-c3c4ccccc4c(-c4ccc(-c5ccc6c(c5)oc5ccc7ccc8oc9ccccc9c8c7c56)c5ccccc45)c4ccccc34)cccc2c1. The van der Waals surface area contributed by atoms with Gasteiger partial charge in [0.05, 0.1) is 0 Å². The summed E-state index contributed by atoms with van der Waals surface area (Å²) in [6.45, 7) is 0. The molecule has 13 rings (SSSR count). The van der Waals surface area contributed by atoms with Gasteiger partial charge in [-0.3, -0.25) is 0 Å².